The summed E-state index contributed by atoms with van der Waals surface area (Å²) in [6.07, 6.45) is 0.137. The number of hydrogen-bond acceptors (Lipinski definition) is 5. The zero-order valence-corrected chi connectivity index (χ0v) is 28.3. The standard InChI is InChI=1S/C32H29ClF3N3O4.C4H11N/c1-18-27-25(37-38(18)2)16-42-17-32(35,36)12-13-39-29-23(10-11-24(33)28(27)29)22(30(39)31(40)41)6-4-14-43-26-7-3-5-19-15-20(34)8-9-21(19)26;1-3-5-4-2/h3,5,7-11,15H,4,6,12-14,16-17H2,1-2H3,(H,40,41);5H,3-4H2,1-2H3. The second-order valence-corrected chi connectivity index (χ2v) is 12.2. The number of ether oxygens (including phenoxy) is 2. The molecule has 0 saturated carbocycles. The largest absolute Gasteiger partial charge is 0.493 e. The maximum Gasteiger partial charge on any atom is 0.352 e. The van der Waals surface area contributed by atoms with Gasteiger partial charge in [0.2, 0.25) is 0 Å². The highest BCUT2D eigenvalue weighted by Gasteiger charge is 2.34. The number of hydrogen-bond donors (Lipinski definition) is 2. The summed E-state index contributed by atoms with van der Waals surface area (Å²) in [5, 5.41) is 20.5. The van der Waals surface area contributed by atoms with Gasteiger partial charge in [0, 0.05) is 47.6 Å². The topological polar surface area (TPSA) is 90.5 Å². The summed E-state index contributed by atoms with van der Waals surface area (Å²) in [6, 6.07) is 13.3. The summed E-state index contributed by atoms with van der Waals surface area (Å²) in [5.74, 6) is -4.16. The highest BCUT2D eigenvalue weighted by Crippen LogP contribution is 2.43. The molecule has 1 aliphatic rings. The molecule has 1 aliphatic heterocycles. The Bertz CT molecular complexity index is 1940. The van der Waals surface area contributed by atoms with Gasteiger partial charge in [-0.2, -0.15) is 5.10 Å². The molecule has 0 fully saturated rings. The number of aromatic nitrogens is 3. The Morgan fingerprint density at radius 1 is 1.12 bits per heavy atom. The van der Waals surface area contributed by atoms with E-state index in [9.17, 15) is 23.1 Å². The number of carboxylic acid groups (broad SMARTS) is 1. The number of alkyl halides is 2. The molecule has 0 unspecified atom stereocenters. The van der Waals surface area contributed by atoms with Gasteiger partial charge in [0.1, 0.15) is 23.9 Å². The Morgan fingerprint density at radius 2 is 1.88 bits per heavy atom. The van der Waals surface area contributed by atoms with Crippen LogP contribution < -0.4 is 10.1 Å². The van der Waals surface area contributed by atoms with Crippen LogP contribution in [0.4, 0.5) is 13.2 Å². The lowest BCUT2D eigenvalue weighted by atomic mass is 9.98. The van der Waals surface area contributed by atoms with Gasteiger partial charge in [-0.3, -0.25) is 4.68 Å². The van der Waals surface area contributed by atoms with E-state index in [1.54, 1.807) is 48.1 Å². The van der Waals surface area contributed by atoms with E-state index in [1.807, 2.05) is 6.92 Å². The lowest BCUT2D eigenvalue weighted by molar-refractivity contribution is -0.0890. The van der Waals surface area contributed by atoms with E-state index < -0.39 is 24.9 Å². The summed E-state index contributed by atoms with van der Waals surface area (Å²) < 4.78 is 58.0. The molecule has 8 nitrogen and oxygen atoms in total. The van der Waals surface area contributed by atoms with Gasteiger partial charge in [-0.05, 0) is 74.1 Å². The third kappa shape index (κ3) is 7.33. The molecule has 3 heterocycles. The number of halogens is 4. The van der Waals surface area contributed by atoms with Crippen LogP contribution in [0.2, 0.25) is 5.02 Å². The lowest BCUT2D eigenvalue weighted by Crippen LogP contribution is -2.26. The maximum atomic E-state index is 14.9. The highest BCUT2D eigenvalue weighted by atomic mass is 35.5. The molecule has 0 spiro atoms. The summed E-state index contributed by atoms with van der Waals surface area (Å²) in [7, 11) is 1.75. The van der Waals surface area contributed by atoms with Gasteiger partial charge in [-0.1, -0.05) is 43.6 Å². The van der Waals surface area contributed by atoms with Crippen LogP contribution in [0.15, 0.2) is 48.5 Å². The fourth-order valence-corrected chi connectivity index (χ4v) is 6.48. The van der Waals surface area contributed by atoms with Crippen LogP contribution in [0.25, 0.3) is 32.8 Å². The number of aromatic carboxylic acids is 1. The molecule has 0 bridgehead atoms. The molecule has 0 radical (unpaired) electrons. The van der Waals surface area contributed by atoms with Crippen LogP contribution >= 0.6 is 11.6 Å². The van der Waals surface area contributed by atoms with Gasteiger partial charge in [0.15, 0.2) is 0 Å². The van der Waals surface area contributed by atoms with Crippen molar-refractivity contribution in [2.75, 3.05) is 26.3 Å². The zero-order chi connectivity index (χ0) is 34.6. The molecule has 0 atom stereocenters. The van der Waals surface area contributed by atoms with Crippen molar-refractivity contribution in [3.05, 3.63) is 82.0 Å². The third-order valence-corrected chi connectivity index (χ3v) is 8.84. The van der Waals surface area contributed by atoms with Gasteiger partial charge >= 0.3 is 5.97 Å². The minimum absolute atomic E-state index is 0.0572. The molecule has 3 aromatic carbocycles. The molecule has 0 aliphatic carbocycles. The number of nitrogens with one attached hydrogen (secondary N) is 1. The summed E-state index contributed by atoms with van der Waals surface area (Å²) in [4.78, 5) is 12.8. The number of benzene rings is 3. The fraction of sp³-hybridized carbons (Fsp3) is 0.389. The highest BCUT2D eigenvalue weighted by molar-refractivity contribution is 6.35. The predicted molar refractivity (Wildman–Crippen MR) is 182 cm³/mol. The minimum atomic E-state index is -3.19. The summed E-state index contributed by atoms with van der Waals surface area (Å²) in [5.41, 5.74) is 3.31. The van der Waals surface area contributed by atoms with Gasteiger partial charge in [0.25, 0.3) is 5.92 Å². The van der Waals surface area contributed by atoms with E-state index in [0.717, 1.165) is 24.2 Å². The monoisotopic (exact) mass is 684 g/mol. The van der Waals surface area contributed by atoms with Crippen LogP contribution in [-0.4, -0.2) is 57.6 Å². The quantitative estimate of drug-likeness (QED) is 0.160. The smallest absolute Gasteiger partial charge is 0.352 e. The molecule has 0 amide bonds. The minimum Gasteiger partial charge on any atom is -0.493 e. The zero-order valence-electron chi connectivity index (χ0n) is 27.5. The average Bonchev–Trinajstić information content (AvgIpc) is 3.50. The van der Waals surface area contributed by atoms with Gasteiger partial charge < -0.3 is 24.5 Å². The molecule has 6 rings (SSSR count). The van der Waals surface area contributed by atoms with Crippen LogP contribution in [-0.2, 0) is 31.4 Å². The number of fused-ring (bicyclic) bond motifs is 3. The van der Waals surface area contributed by atoms with Crippen molar-refractivity contribution in [1.29, 1.82) is 0 Å². The van der Waals surface area contributed by atoms with Crippen molar-refractivity contribution >= 4 is 39.2 Å². The first kappa shape index (κ1) is 35.3. The Morgan fingerprint density at radius 3 is 2.58 bits per heavy atom. The van der Waals surface area contributed by atoms with Crippen molar-refractivity contribution in [2.24, 2.45) is 7.05 Å². The van der Waals surface area contributed by atoms with Gasteiger partial charge in [-0.25, -0.2) is 18.0 Å². The van der Waals surface area contributed by atoms with E-state index in [4.69, 9.17) is 21.1 Å². The number of carbonyl (C=O) groups is 1. The van der Waals surface area contributed by atoms with Crippen LogP contribution in [0.3, 0.4) is 0 Å². The Balaban J connectivity index is 0.000000840. The Kier molecular flexibility index (Phi) is 11.0. The van der Waals surface area contributed by atoms with Crippen LogP contribution in [0.1, 0.15) is 54.1 Å². The second-order valence-electron chi connectivity index (χ2n) is 11.8. The molecular formula is C36H40ClF3N4O4. The molecule has 0 saturated heterocycles. The van der Waals surface area contributed by atoms with Crippen LogP contribution in [0.5, 0.6) is 5.75 Å². The molecular weight excluding hydrogens is 645 g/mol. The lowest BCUT2D eigenvalue weighted by Gasteiger charge is -2.18. The maximum absolute atomic E-state index is 14.9. The molecule has 256 valence electrons. The number of rotatable bonds is 8. The first-order valence-corrected chi connectivity index (χ1v) is 16.4. The number of aryl methyl sites for hydroxylation is 3. The third-order valence-electron chi connectivity index (χ3n) is 8.52. The molecule has 2 N–H and O–H groups in total. The number of nitrogens with zero attached hydrogens (tertiary/aromatic N) is 3. The van der Waals surface area contributed by atoms with E-state index in [-0.39, 0.29) is 31.3 Å². The van der Waals surface area contributed by atoms with Crippen molar-refractivity contribution < 1.29 is 32.5 Å². The van der Waals surface area contributed by atoms with Crippen molar-refractivity contribution in [3.8, 4) is 16.9 Å². The summed E-state index contributed by atoms with van der Waals surface area (Å²) in [6.45, 7) is 7.28. The predicted octanol–water partition coefficient (Wildman–Crippen LogP) is 8.18. The number of carboxylic acids is 1. The Labute approximate surface area is 282 Å². The second kappa shape index (κ2) is 15.0. The normalized spacial score (nSPS) is 14.2. The van der Waals surface area contributed by atoms with E-state index >= 15 is 0 Å². The first-order chi connectivity index (χ1) is 23.0. The molecule has 2 aromatic heterocycles. The van der Waals surface area contributed by atoms with Gasteiger partial charge in [-0.15, -0.1) is 0 Å². The fourth-order valence-electron chi connectivity index (χ4n) is 6.23. The molecule has 48 heavy (non-hydrogen) atoms. The summed E-state index contributed by atoms with van der Waals surface area (Å²) >= 11 is 6.80. The van der Waals surface area contributed by atoms with Crippen molar-refractivity contribution in [1.82, 2.24) is 19.7 Å². The molecule has 12 heteroatoms. The van der Waals surface area contributed by atoms with Gasteiger partial charge in [0.05, 0.1) is 29.4 Å². The molecule has 5 aromatic rings. The van der Waals surface area contributed by atoms with E-state index in [2.05, 4.69) is 24.3 Å². The van der Waals surface area contributed by atoms with Crippen molar-refractivity contribution in [2.45, 2.75) is 59.1 Å². The van der Waals surface area contributed by atoms with Crippen LogP contribution in [0, 0.1) is 12.7 Å². The van der Waals surface area contributed by atoms with E-state index in [1.165, 1.54) is 16.7 Å². The SMILES string of the molecule is CCNCC.Cc1c2c(nn1C)COCC(F)(F)CCn1c(C(=O)O)c(CCCOc3cccc4cc(F)ccc34)c3ccc(Cl)c-2c31. The van der Waals surface area contributed by atoms with E-state index in [0.29, 0.717) is 62.3 Å². The first-order valence-electron chi connectivity index (χ1n) is 16.0. The van der Waals surface area contributed by atoms with Crippen molar-refractivity contribution in [3.63, 3.8) is 0 Å². The Hall–Kier alpha value is -4.06. The average molecular weight is 685 g/mol.